The van der Waals surface area contributed by atoms with Crippen molar-refractivity contribution in [3.8, 4) is 0 Å². The maximum absolute atomic E-state index is 12.8. The Morgan fingerprint density at radius 3 is 2.56 bits per heavy atom. The van der Waals surface area contributed by atoms with E-state index in [-0.39, 0.29) is 18.2 Å². The molecule has 3 unspecified atom stereocenters. The molecule has 3 rings (SSSR count). The third-order valence-corrected chi connectivity index (χ3v) is 4.31. The standard InChI is InChI=1S/C14H19FN2.ClH/c15-12-4-1-10(2-5-12)7-17-8-11-3-6-14(16)13(11)9-17;/h1-2,4-5,11,13-14H,3,6-9,16H2;1H. The fourth-order valence-electron chi connectivity index (χ4n) is 3.38. The van der Waals surface area contributed by atoms with Gasteiger partial charge in [-0.25, -0.2) is 4.39 Å². The van der Waals surface area contributed by atoms with Crippen molar-refractivity contribution in [3.63, 3.8) is 0 Å². The fourth-order valence-corrected chi connectivity index (χ4v) is 3.38. The molecule has 0 amide bonds. The number of fused-ring (bicyclic) bond motifs is 1. The van der Waals surface area contributed by atoms with Gasteiger partial charge in [-0.1, -0.05) is 12.1 Å². The van der Waals surface area contributed by atoms with Gasteiger partial charge in [0.1, 0.15) is 5.82 Å². The molecule has 2 fully saturated rings. The number of nitrogens with two attached hydrogens (primary N) is 1. The SMILES string of the molecule is Cl.NC1CCC2CN(Cc3ccc(F)cc3)CC12. The van der Waals surface area contributed by atoms with Gasteiger partial charge < -0.3 is 5.73 Å². The number of benzene rings is 1. The summed E-state index contributed by atoms with van der Waals surface area (Å²) in [4.78, 5) is 2.46. The first-order chi connectivity index (χ1) is 8.22. The molecule has 3 atom stereocenters. The van der Waals surface area contributed by atoms with Crippen molar-refractivity contribution >= 4 is 12.4 Å². The van der Waals surface area contributed by atoms with Crippen molar-refractivity contribution in [2.24, 2.45) is 17.6 Å². The fraction of sp³-hybridized carbons (Fsp3) is 0.571. The molecule has 1 aromatic carbocycles. The quantitative estimate of drug-likeness (QED) is 0.894. The van der Waals surface area contributed by atoms with Gasteiger partial charge in [0.2, 0.25) is 0 Å². The van der Waals surface area contributed by atoms with Crippen LogP contribution in [0.25, 0.3) is 0 Å². The molecule has 0 radical (unpaired) electrons. The maximum atomic E-state index is 12.8. The van der Waals surface area contributed by atoms with Crippen LogP contribution < -0.4 is 5.73 Å². The first kappa shape index (κ1) is 13.8. The summed E-state index contributed by atoms with van der Waals surface area (Å²) in [7, 11) is 0. The van der Waals surface area contributed by atoms with Crippen LogP contribution in [0.3, 0.4) is 0 Å². The van der Waals surface area contributed by atoms with Gasteiger partial charge in [-0.05, 0) is 42.4 Å². The summed E-state index contributed by atoms with van der Waals surface area (Å²) in [5.74, 6) is 1.33. The summed E-state index contributed by atoms with van der Waals surface area (Å²) >= 11 is 0. The van der Waals surface area contributed by atoms with E-state index in [0.29, 0.717) is 12.0 Å². The molecule has 2 nitrogen and oxygen atoms in total. The van der Waals surface area contributed by atoms with Gasteiger partial charge in [-0.3, -0.25) is 4.90 Å². The molecule has 1 saturated heterocycles. The van der Waals surface area contributed by atoms with Gasteiger partial charge in [0.05, 0.1) is 0 Å². The zero-order valence-corrected chi connectivity index (χ0v) is 11.2. The van der Waals surface area contributed by atoms with Crippen molar-refractivity contribution in [1.29, 1.82) is 0 Å². The van der Waals surface area contributed by atoms with E-state index in [0.717, 1.165) is 25.6 Å². The van der Waals surface area contributed by atoms with Crippen molar-refractivity contribution < 1.29 is 4.39 Å². The van der Waals surface area contributed by atoms with E-state index >= 15 is 0 Å². The minimum atomic E-state index is -0.158. The number of halogens is 2. The van der Waals surface area contributed by atoms with Crippen LogP contribution in [0.1, 0.15) is 18.4 Å². The molecule has 0 bridgehead atoms. The first-order valence-corrected chi connectivity index (χ1v) is 6.45. The second kappa shape index (κ2) is 5.55. The molecule has 0 aromatic heterocycles. The lowest BCUT2D eigenvalue weighted by molar-refractivity contribution is 0.298. The first-order valence-electron chi connectivity index (χ1n) is 6.45. The van der Waals surface area contributed by atoms with Crippen molar-refractivity contribution in [2.45, 2.75) is 25.4 Å². The van der Waals surface area contributed by atoms with Crippen LogP contribution in [-0.4, -0.2) is 24.0 Å². The highest BCUT2D eigenvalue weighted by Gasteiger charge is 2.40. The summed E-state index contributed by atoms with van der Waals surface area (Å²) in [6.45, 7) is 3.21. The Kier molecular flexibility index (Phi) is 4.25. The molecular formula is C14H20ClFN2. The minimum absolute atomic E-state index is 0. The molecule has 1 aromatic rings. The van der Waals surface area contributed by atoms with Crippen LogP contribution in [0, 0.1) is 17.7 Å². The van der Waals surface area contributed by atoms with E-state index in [9.17, 15) is 4.39 Å². The Morgan fingerprint density at radius 1 is 1.17 bits per heavy atom. The highest BCUT2D eigenvalue weighted by atomic mass is 35.5. The van der Waals surface area contributed by atoms with Crippen LogP contribution in [0.4, 0.5) is 4.39 Å². The lowest BCUT2D eigenvalue weighted by Gasteiger charge is -2.18. The lowest BCUT2D eigenvalue weighted by atomic mass is 9.98. The number of rotatable bonds is 2. The van der Waals surface area contributed by atoms with Crippen molar-refractivity contribution in [2.75, 3.05) is 13.1 Å². The van der Waals surface area contributed by atoms with Crippen LogP contribution in [-0.2, 0) is 6.54 Å². The van der Waals surface area contributed by atoms with Gasteiger partial charge in [-0.15, -0.1) is 12.4 Å². The van der Waals surface area contributed by atoms with E-state index in [1.165, 1.54) is 30.5 Å². The summed E-state index contributed by atoms with van der Waals surface area (Å²) < 4.78 is 12.8. The lowest BCUT2D eigenvalue weighted by Crippen LogP contribution is -2.30. The Bertz CT molecular complexity index is 395. The summed E-state index contributed by atoms with van der Waals surface area (Å²) in [6.07, 6.45) is 2.48. The average Bonchev–Trinajstić information content (AvgIpc) is 2.85. The summed E-state index contributed by atoms with van der Waals surface area (Å²) in [6, 6.07) is 7.24. The smallest absolute Gasteiger partial charge is 0.123 e. The minimum Gasteiger partial charge on any atom is -0.327 e. The van der Waals surface area contributed by atoms with Crippen molar-refractivity contribution in [3.05, 3.63) is 35.6 Å². The summed E-state index contributed by atoms with van der Waals surface area (Å²) in [5, 5.41) is 0. The van der Waals surface area contributed by atoms with E-state index in [2.05, 4.69) is 4.90 Å². The number of hydrogen-bond acceptors (Lipinski definition) is 2. The second-order valence-corrected chi connectivity index (χ2v) is 5.49. The molecular weight excluding hydrogens is 251 g/mol. The molecule has 1 heterocycles. The molecule has 100 valence electrons. The normalized spacial score (nSPS) is 31.1. The third-order valence-electron chi connectivity index (χ3n) is 4.31. The second-order valence-electron chi connectivity index (χ2n) is 5.49. The van der Waals surface area contributed by atoms with Gasteiger partial charge in [0, 0.05) is 25.7 Å². The number of nitrogens with zero attached hydrogens (tertiary/aromatic N) is 1. The number of hydrogen-bond donors (Lipinski definition) is 1. The maximum Gasteiger partial charge on any atom is 0.123 e. The van der Waals surface area contributed by atoms with Crippen LogP contribution in [0.2, 0.25) is 0 Å². The Morgan fingerprint density at radius 2 is 1.89 bits per heavy atom. The largest absolute Gasteiger partial charge is 0.327 e. The molecule has 1 saturated carbocycles. The monoisotopic (exact) mass is 270 g/mol. The third kappa shape index (κ3) is 2.68. The Hall–Kier alpha value is -0.640. The Labute approximate surface area is 114 Å². The van der Waals surface area contributed by atoms with Gasteiger partial charge in [-0.2, -0.15) is 0 Å². The molecule has 2 N–H and O–H groups in total. The van der Waals surface area contributed by atoms with Crippen molar-refractivity contribution in [1.82, 2.24) is 4.90 Å². The van der Waals surface area contributed by atoms with Crippen LogP contribution >= 0.6 is 12.4 Å². The topological polar surface area (TPSA) is 29.3 Å². The van der Waals surface area contributed by atoms with E-state index in [1.54, 1.807) is 0 Å². The molecule has 2 aliphatic rings. The van der Waals surface area contributed by atoms with E-state index < -0.39 is 0 Å². The number of likely N-dealkylation sites (tertiary alicyclic amines) is 1. The van der Waals surface area contributed by atoms with Crippen LogP contribution in [0.15, 0.2) is 24.3 Å². The summed E-state index contributed by atoms with van der Waals surface area (Å²) in [5.41, 5.74) is 7.31. The highest BCUT2D eigenvalue weighted by molar-refractivity contribution is 5.85. The molecule has 0 spiro atoms. The predicted octanol–water partition coefficient (Wildman–Crippen LogP) is 2.42. The average molecular weight is 271 g/mol. The van der Waals surface area contributed by atoms with Crippen LogP contribution in [0.5, 0.6) is 0 Å². The van der Waals surface area contributed by atoms with Gasteiger partial charge >= 0.3 is 0 Å². The molecule has 1 aliphatic heterocycles. The Balaban J connectivity index is 0.00000120. The predicted molar refractivity (Wildman–Crippen MR) is 73.1 cm³/mol. The molecule has 4 heteroatoms. The van der Waals surface area contributed by atoms with E-state index in [1.807, 2.05) is 12.1 Å². The van der Waals surface area contributed by atoms with Gasteiger partial charge in [0.15, 0.2) is 0 Å². The highest BCUT2D eigenvalue weighted by Crippen LogP contribution is 2.37. The van der Waals surface area contributed by atoms with E-state index in [4.69, 9.17) is 5.73 Å². The zero-order chi connectivity index (χ0) is 11.8. The zero-order valence-electron chi connectivity index (χ0n) is 10.4. The van der Waals surface area contributed by atoms with Gasteiger partial charge in [0.25, 0.3) is 0 Å². The molecule has 1 aliphatic carbocycles. The molecule has 18 heavy (non-hydrogen) atoms.